The molecule has 0 bridgehead atoms. The molecule has 1 saturated carbocycles. The third kappa shape index (κ3) is 5.53. The second-order valence-electron chi connectivity index (χ2n) is 6.50. The minimum absolute atomic E-state index is 0.306. The maximum atomic E-state index is 12.3. The minimum atomic E-state index is -0.340. The van der Waals surface area contributed by atoms with Crippen molar-refractivity contribution in [2.45, 2.75) is 90.5 Å². The fraction of sp³-hybridized carbons (Fsp3) is 0.941. The van der Waals surface area contributed by atoms with Gasteiger partial charge in [-0.1, -0.05) is 58.8 Å². The Morgan fingerprint density at radius 1 is 1.15 bits per heavy atom. The maximum absolute atomic E-state index is 12.3. The van der Waals surface area contributed by atoms with Crippen molar-refractivity contribution < 1.29 is 4.79 Å². The predicted molar refractivity (Wildman–Crippen MR) is 85.6 cm³/mol. The van der Waals surface area contributed by atoms with Crippen molar-refractivity contribution >= 4 is 5.78 Å². The van der Waals surface area contributed by atoms with Crippen LogP contribution < -0.4 is 10.9 Å². The molecule has 3 nitrogen and oxygen atoms in total. The Balaban J connectivity index is 2.68. The standard InChI is InChI=1S/C17H34N2O/c1-4-6-12-17(15(3)20,19-18-13-5-2)14-16-10-8-7-9-11-16/h16,18-19H,4-14H2,1-3H3. The van der Waals surface area contributed by atoms with Crippen molar-refractivity contribution in [2.24, 2.45) is 5.92 Å². The van der Waals surface area contributed by atoms with Gasteiger partial charge in [0.25, 0.3) is 0 Å². The second kappa shape index (κ2) is 9.51. The Morgan fingerprint density at radius 3 is 2.40 bits per heavy atom. The first-order valence-corrected chi connectivity index (χ1v) is 8.65. The van der Waals surface area contributed by atoms with Crippen LogP contribution >= 0.6 is 0 Å². The monoisotopic (exact) mass is 282 g/mol. The lowest BCUT2D eigenvalue weighted by Crippen LogP contribution is -2.58. The zero-order valence-corrected chi connectivity index (χ0v) is 13.8. The van der Waals surface area contributed by atoms with Gasteiger partial charge >= 0.3 is 0 Å². The average Bonchev–Trinajstić information content (AvgIpc) is 2.45. The van der Waals surface area contributed by atoms with E-state index < -0.39 is 0 Å². The molecule has 1 rings (SSSR count). The summed E-state index contributed by atoms with van der Waals surface area (Å²) < 4.78 is 0. The normalized spacial score (nSPS) is 19.8. The molecule has 0 aromatic heterocycles. The lowest BCUT2D eigenvalue weighted by atomic mass is 9.75. The van der Waals surface area contributed by atoms with Crippen molar-refractivity contribution in [3.63, 3.8) is 0 Å². The van der Waals surface area contributed by atoms with Crippen LogP contribution in [0.1, 0.15) is 85.0 Å². The molecule has 1 fully saturated rings. The summed E-state index contributed by atoms with van der Waals surface area (Å²) >= 11 is 0. The Labute approximate surface area is 125 Å². The van der Waals surface area contributed by atoms with Crippen LogP contribution in [-0.4, -0.2) is 17.9 Å². The molecule has 0 amide bonds. The van der Waals surface area contributed by atoms with Crippen LogP contribution in [0.4, 0.5) is 0 Å². The summed E-state index contributed by atoms with van der Waals surface area (Å²) in [6.45, 7) is 7.03. The molecule has 1 unspecified atom stereocenters. The highest BCUT2D eigenvalue weighted by Gasteiger charge is 2.37. The first-order valence-electron chi connectivity index (χ1n) is 8.65. The highest BCUT2D eigenvalue weighted by Crippen LogP contribution is 2.33. The molecule has 1 aliphatic carbocycles. The van der Waals surface area contributed by atoms with Crippen molar-refractivity contribution in [3.8, 4) is 0 Å². The lowest BCUT2D eigenvalue weighted by Gasteiger charge is -2.37. The molecule has 1 atom stereocenters. The zero-order chi connectivity index (χ0) is 14.8. The van der Waals surface area contributed by atoms with Crippen molar-refractivity contribution in [2.75, 3.05) is 6.54 Å². The number of hydrogen-bond acceptors (Lipinski definition) is 3. The molecule has 3 heteroatoms. The summed E-state index contributed by atoms with van der Waals surface area (Å²) in [4.78, 5) is 12.3. The smallest absolute Gasteiger partial charge is 0.151 e. The van der Waals surface area contributed by atoms with E-state index in [0.717, 1.165) is 44.6 Å². The number of hydrogen-bond donors (Lipinski definition) is 2. The lowest BCUT2D eigenvalue weighted by molar-refractivity contribution is -0.125. The molecule has 20 heavy (non-hydrogen) atoms. The topological polar surface area (TPSA) is 41.1 Å². The molecule has 118 valence electrons. The number of nitrogens with one attached hydrogen (secondary N) is 2. The third-order valence-corrected chi connectivity index (χ3v) is 4.70. The molecule has 2 N–H and O–H groups in total. The van der Waals surface area contributed by atoms with Crippen LogP contribution in [0.25, 0.3) is 0 Å². The summed E-state index contributed by atoms with van der Waals surface area (Å²) in [6, 6.07) is 0. The predicted octanol–water partition coefficient (Wildman–Crippen LogP) is 3.98. The number of unbranched alkanes of at least 4 members (excludes halogenated alkanes) is 1. The summed E-state index contributed by atoms with van der Waals surface area (Å²) in [6.07, 6.45) is 12.0. The number of carbonyl (C=O) groups excluding carboxylic acids is 1. The molecule has 0 saturated heterocycles. The zero-order valence-electron chi connectivity index (χ0n) is 13.8. The molecule has 1 aliphatic rings. The van der Waals surface area contributed by atoms with E-state index in [-0.39, 0.29) is 5.54 Å². The number of carbonyl (C=O) groups is 1. The minimum Gasteiger partial charge on any atom is -0.298 e. The van der Waals surface area contributed by atoms with Gasteiger partial charge in [-0.3, -0.25) is 10.2 Å². The number of ketones is 1. The molecule has 0 aliphatic heterocycles. The van der Waals surface area contributed by atoms with Gasteiger partial charge < -0.3 is 0 Å². The molecule has 0 radical (unpaired) electrons. The Kier molecular flexibility index (Phi) is 8.39. The first-order chi connectivity index (χ1) is 9.64. The van der Waals surface area contributed by atoms with Crippen molar-refractivity contribution in [1.82, 2.24) is 10.9 Å². The van der Waals surface area contributed by atoms with Crippen LogP contribution in [0.5, 0.6) is 0 Å². The summed E-state index contributed by atoms with van der Waals surface area (Å²) in [7, 11) is 0. The number of rotatable bonds is 10. The fourth-order valence-corrected chi connectivity index (χ4v) is 3.34. The number of hydrazine groups is 1. The van der Waals surface area contributed by atoms with Gasteiger partial charge in [0.05, 0.1) is 5.54 Å². The van der Waals surface area contributed by atoms with E-state index in [1.165, 1.54) is 32.1 Å². The van der Waals surface area contributed by atoms with Gasteiger partial charge in [0, 0.05) is 6.54 Å². The highest BCUT2D eigenvalue weighted by molar-refractivity contribution is 5.86. The van der Waals surface area contributed by atoms with E-state index in [1.807, 2.05) is 0 Å². The first kappa shape index (κ1) is 17.6. The Morgan fingerprint density at radius 2 is 1.85 bits per heavy atom. The molecular formula is C17H34N2O. The molecule has 0 spiro atoms. The highest BCUT2D eigenvalue weighted by atomic mass is 16.1. The Hall–Kier alpha value is -0.410. The van der Waals surface area contributed by atoms with E-state index >= 15 is 0 Å². The van der Waals surface area contributed by atoms with E-state index in [2.05, 4.69) is 24.7 Å². The van der Waals surface area contributed by atoms with Gasteiger partial charge in [-0.25, -0.2) is 5.43 Å². The van der Waals surface area contributed by atoms with Crippen molar-refractivity contribution in [3.05, 3.63) is 0 Å². The van der Waals surface area contributed by atoms with Gasteiger partial charge in [0.15, 0.2) is 5.78 Å². The van der Waals surface area contributed by atoms with Gasteiger partial charge in [-0.15, -0.1) is 0 Å². The number of Topliss-reactive ketones (excluding diaryl/α,β-unsaturated/α-hetero) is 1. The van der Waals surface area contributed by atoms with E-state index in [0.29, 0.717) is 5.78 Å². The maximum Gasteiger partial charge on any atom is 0.151 e. The van der Waals surface area contributed by atoms with Crippen molar-refractivity contribution in [1.29, 1.82) is 0 Å². The van der Waals surface area contributed by atoms with Gasteiger partial charge in [-0.2, -0.15) is 0 Å². The van der Waals surface area contributed by atoms with Gasteiger partial charge in [0.2, 0.25) is 0 Å². The quantitative estimate of drug-likeness (QED) is 0.470. The molecule has 0 aromatic carbocycles. The third-order valence-electron chi connectivity index (χ3n) is 4.70. The molecule has 0 heterocycles. The fourth-order valence-electron chi connectivity index (χ4n) is 3.34. The van der Waals surface area contributed by atoms with Crippen LogP contribution in [0.3, 0.4) is 0 Å². The second-order valence-corrected chi connectivity index (χ2v) is 6.50. The van der Waals surface area contributed by atoms with E-state index in [9.17, 15) is 4.79 Å². The summed E-state index contributed by atoms with van der Waals surface area (Å²) in [5, 5.41) is 0. The summed E-state index contributed by atoms with van der Waals surface area (Å²) in [5.74, 6) is 1.03. The SMILES string of the molecule is CCCCC(CC1CCCCC1)(NNCCC)C(C)=O. The van der Waals surface area contributed by atoms with Crippen LogP contribution in [0, 0.1) is 5.92 Å². The van der Waals surface area contributed by atoms with Gasteiger partial charge in [0.1, 0.15) is 0 Å². The largest absolute Gasteiger partial charge is 0.298 e. The molecule has 0 aromatic rings. The van der Waals surface area contributed by atoms with Gasteiger partial charge in [-0.05, 0) is 32.1 Å². The molecular weight excluding hydrogens is 248 g/mol. The Bertz CT molecular complexity index is 274. The van der Waals surface area contributed by atoms with Crippen LogP contribution in [0.2, 0.25) is 0 Å². The van der Waals surface area contributed by atoms with E-state index in [4.69, 9.17) is 0 Å². The van der Waals surface area contributed by atoms with Crippen LogP contribution in [-0.2, 0) is 4.79 Å². The summed E-state index contributed by atoms with van der Waals surface area (Å²) in [5.41, 5.74) is 6.36. The van der Waals surface area contributed by atoms with Crippen LogP contribution in [0.15, 0.2) is 0 Å². The van der Waals surface area contributed by atoms with E-state index in [1.54, 1.807) is 6.92 Å². The average molecular weight is 282 g/mol.